The summed E-state index contributed by atoms with van der Waals surface area (Å²) in [5, 5.41) is 46.8. The van der Waals surface area contributed by atoms with E-state index in [1.54, 1.807) is 33.8 Å². The Kier molecular flexibility index (Phi) is 6.39. The molecule has 0 aromatic heterocycles. The lowest BCUT2D eigenvalue weighted by Gasteiger charge is -2.53. The van der Waals surface area contributed by atoms with Crippen LogP contribution in [0.15, 0.2) is 23.3 Å². The number of hydrogen-bond acceptors (Lipinski definition) is 10. The van der Waals surface area contributed by atoms with E-state index < -0.39 is 100 Å². The molecule has 5 rings (SSSR count). The topological polar surface area (TPSA) is 163 Å². The van der Waals surface area contributed by atoms with Crippen molar-refractivity contribution in [2.45, 2.75) is 103 Å². The van der Waals surface area contributed by atoms with Crippen LogP contribution in [0.4, 0.5) is 0 Å². The molecule has 3 saturated carbocycles. The van der Waals surface area contributed by atoms with Crippen LogP contribution in [-0.2, 0) is 28.6 Å². The minimum atomic E-state index is -2.49. The number of hydrogen-bond donors (Lipinski definition) is 4. The van der Waals surface area contributed by atoms with Crippen molar-refractivity contribution in [2.75, 3.05) is 6.61 Å². The van der Waals surface area contributed by atoms with Gasteiger partial charge in [-0.15, -0.1) is 0 Å². The molecule has 0 amide bonds. The molecule has 5 aliphatic rings. The summed E-state index contributed by atoms with van der Waals surface area (Å²) in [6, 6.07) is 0. The van der Waals surface area contributed by atoms with Crippen molar-refractivity contribution < 1.29 is 49.0 Å². The zero-order valence-electron chi connectivity index (χ0n) is 24.4. The van der Waals surface area contributed by atoms with Gasteiger partial charge in [-0.3, -0.25) is 9.59 Å². The summed E-state index contributed by atoms with van der Waals surface area (Å²) in [6.45, 7) is 13.1. The molecular formula is C30H42O10. The summed E-state index contributed by atoms with van der Waals surface area (Å²) in [7, 11) is 0. The van der Waals surface area contributed by atoms with Gasteiger partial charge in [0.05, 0.1) is 24.2 Å². The number of carbonyl (C=O) groups is 3. The molecule has 0 aromatic carbocycles. The van der Waals surface area contributed by atoms with Crippen LogP contribution < -0.4 is 0 Å². The number of fused-ring (bicyclic) bond motifs is 7. The van der Waals surface area contributed by atoms with E-state index in [0.717, 1.165) is 0 Å². The molecule has 10 nitrogen and oxygen atoms in total. The monoisotopic (exact) mass is 562 g/mol. The fourth-order valence-corrected chi connectivity index (χ4v) is 8.43. The van der Waals surface area contributed by atoms with Crippen LogP contribution in [0.2, 0.25) is 0 Å². The highest BCUT2D eigenvalue weighted by Crippen LogP contribution is 2.80. The summed E-state index contributed by atoms with van der Waals surface area (Å²) < 4.78 is 18.4. The smallest absolute Gasteiger partial charge is 0.333 e. The van der Waals surface area contributed by atoms with Crippen molar-refractivity contribution in [3.63, 3.8) is 0 Å². The number of ketones is 1. The van der Waals surface area contributed by atoms with Crippen LogP contribution in [0.3, 0.4) is 0 Å². The van der Waals surface area contributed by atoms with Crippen LogP contribution in [0.25, 0.3) is 0 Å². The molecule has 10 heteroatoms. The van der Waals surface area contributed by atoms with Gasteiger partial charge in [0.15, 0.2) is 17.0 Å². The summed E-state index contributed by atoms with van der Waals surface area (Å²) in [6.07, 6.45) is -0.370. The van der Waals surface area contributed by atoms with Crippen LogP contribution in [0.5, 0.6) is 0 Å². The van der Waals surface area contributed by atoms with E-state index in [1.807, 2.05) is 20.8 Å². The zero-order chi connectivity index (χ0) is 30.0. The fourth-order valence-electron chi connectivity index (χ4n) is 8.43. The van der Waals surface area contributed by atoms with E-state index in [1.165, 1.54) is 13.0 Å². The predicted octanol–water partition coefficient (Wildman–Crippen LogP) is 1.23. The maximum absolute atomic E-state index is 13.4. The maximum atomic E-state index is 13.4. The van der Waals surface area contributed by atoms with Crippen molar-refractivity contribution >= 4 is 17.7 Å². The number of rotatable bonds is 6. The summed E-state index contributed by atoms with van der Waals surface area (Å²) in [5.74, 6) is -6.16. The van der Waals surface area contributed by atoms with Crippen LogP contribution >= 0.6 is 0 Å². The Morgan fingerprint density at radius 1 is 1.25 bits per heavy atom. The van der Waals surface area contributed by atoms with Crippen molar-refractivity contribution in [1.82, 2.24) is 0 Å². The normalized spacial score (nSPS) is 48.9. The van der Waals surface area contributed by atoms with Gasteiger partial charge >= 0.3 is 11.9 Å². The molecule has 1 saturated heterocycles. The molecule has 222 valence electrons. The lowest BCUT2D eigenvalue weighted by molar-refractivity contribution is -0.245. The molecule has 12 atom stereocenters. The maximum Gasteiger partial charge on any atom is 0.333 e. The second-order valence-corrected chi connectivity index (χ2v) is 13.3. The number of Topliss-reactive ketones (excluding diaryl/α,β-unsaturated/α-hetero) is 1. The zero-order valence-corrected chi connectivity index (χ0v) is 24.4. The van der Waals surface area contributed by atoms with E-state index in [0.29, 0.717) is 12.0 Å². The number of ether oxygens (including phenoxy) is 3. The molecule has 0 aromatic rings. The Balaban J connectivity index is 1.74. The molecule has 0 spiro atoms. The number of carbonyl (C=O) groups excluding carboxylic acids is 3. The van der Waals surface area contributed by atoms with Crippen molar-refractivity contribution in [1.29, 1.82) is 0 Å². The molecule has 4 fully saturated rings. The SMILES string of the molecule is C/C=C(\C)C(=O)O[C@@H]1[C@@H](C)[C@@]2(O)C([C@@H]3C(C)(C)[C@]13OC(=O)[C@@H](C)CC)[C@@H]1O[C@]1(CO)[C@@H](O)[C@]1(O)C(=O)C(C)=C[C@H]12. The van der Waals surface area contributed by atoms with Crippen LogP contribution in [0.1, 0.15) is 61.8 Å². The first-order valence-corrected chi connectivity index (χ1v) is 14.2. The Labute approximate surface area is 234 Å². The number of esters is 2. The Hall–Kier alpha value is -2.11. The van der Waals surface area contributed by atoms with Gasteiger partial charge in [-0.1, -0.05) is 46.8 Å². The first-order valence-electron chi connectivity index (χ1n) is 14.2. The molecule has 40 heavy (non-hydrogen) atoms. The number of epoxide rings is 1. The lowest BCUT2D eigenvalue weighted by atomic mass is 9.58. The van der Waals surface area contributed by atoms with Crippen LogP contribution in [0, 0.1) is 35.0 Å². The molecule has 4 N–H and O–H groups in total. The average Bonchev–Trinajstić information content (AvgIpc) is 3.75. The van der Waals surface area contributed by atoms with Gasteiger partial charge in [0.1, 0.15) is 17.8 Å². The first kappa shape index (κ1) is 29.4. The van der Waals surface area contributed by atoms with Crippen molar-refractivity contribution in [3.05, 3.63) is 23.3 Å². The molecule has 4 aliphatic carbocycles. The summed E-state index contributed by atoms with van der Waals surface area (Å²) in [5.41, 5.74) is -7.88. The highest BCUT2D eigenvalue weighted by molar-refractivity contribution is 6.05. The summed E-state index contributed by atoms with van der Waals surface area (Å²) in [4.78, 5) is 39.9. The highest BCUT2D eigenvalue weighted by Gasteiger charge is 2.93. The number of allylic oxidation sites excluding steroid dienone is 1. The molecule has 1 aliphatic heterocycles. The number of aliphatic hydroxyl groups excluding tert-OH is 2. The molecule has 0 bridgehead atoms. The quantitative estimate of drug-likeness (QED) is 0.210. The summed E-state index contributed by atoms with van der Waals surface area (Å²) >= 11 is 0. The highest BCUT2D eigenvalue weighted by atomic mass is 16.6. The fraction of sp³-hybridized carbons (Fsp3) is 0.767. The first-order chi connectivity index (χ1) is 18.5. The third kappa shape index (κ3) is 3.14. The van der Waals surface area contributed by atoms with Gasteiger partial charge in [-0.05, 0) is 32.8 Å². The molecular weight excluding hydrogens is 520 g/mol. The van der Waals surface area contributed by atoms with E-state index in [-0.39, 0.29) is 5.57 Å². The lowest BCUT2D eigenvalue weighted by Crippen LogP contribution is -2.69. The van der Waals surface area contributed by atoms with Crippen LogP contribution in [-0.4, -0.2) is 85.5 Å². The standard InChI is InChI=1S/C30H42O10/c1-9-13(3)23(33)38-21-16(6)28(36)17-11-15(5)20(32)29(17,37)25(35)27(12-31)22(39-27)18(28)19-26(7,8)30(19,21)40-24(34)14(4)10-2/h9,11,14,16-19,21-22,25,31,35-37H,10,12H2,1-8H3/b13-9+/t14-,16+,17-,18?,19+,21+,22-,25+,27-,28-,29+,30+/m0/s1. The van der Waals surface area contributed by atoms with E-state index in [9.17, 15) is 34.8 Å². The third-order valence-electron chi connectivity index (χ3n) is 11.3. The van der Waals surface area contributed by atoms with Crippen molar-refractivity contribution in [2.24, 2.45) is 35.0 Å². The van der Waals surface area contributed by atoms with Gasteiger partial charge in [-0.25, -0.2) is 4.79 Å². The van der Waals surface area contributed by atoms with Gasteiger partial charge in [0, 0.05) is 34.7 Å². The second-order valence-electron chi connectivity index (χ2n) is 13.3. The van der Waals surface area contributed by atoms with Crippen molar-refractivity contribution in [3.8, 4) is 0 Å². The minimum Gasteiger partial charge on any atom is -0.454 e. The molecule has 1 unspecified atom stereocenters. The predicted molar refractivity (Wildman–Crippen MR) is 140 cm³/mol. The minimum absolute atomic E-state index is 0.159. The number of aliphatic hydroxyl groups is 4. The van der Waals surface area contributed by atoms with E-state index >= 15 is 0 Å². The van der Waals surface area contributed by atoms with Gasteiger partial charge in [-0.2, -0.15) is 0 Å². The average molecular weight is 563 g/mol. The van der Waals surface area contributed by atoms with Gasteiger partial charge in [0.25, 0.3) is 0 Å². The third-order valence-corrected chi connectivity index (χ3v) is 11.3. The molecule has 1 heterocycles. The van der Waals surface area contributed by atoms with E-state index in [4.69, 9.17) is 14.2 Å². The Morgan fingerprint density at radius 3 is 2.42 bits per heavy atom. The second kappa shape index (κ2) is 8.70. The largest absolute Gasteiger partial charge is 0.454 e. The van der Waals surface area contributed by atoms with Gasteiger partial charge in [0.2, 0.25) is 0 Å². The van der Waals surface area contributed by atoms with Gasteiger partial charge < -0.3 is 34.6 Å². The molecule has 0 radical (unpaired) electrons. The van der Waals surface area contributed by atoms with E-state index in [2.05, 4.69) is 0 Å². The Bertz CT molecular complexity index is 1220. The Morgan fingerprint density at radius 2 is 1.88 bits per heavy atom.